The third-order valence-corrected chi connectivity index (χ3v) is 1.34. The Morgan fingerprint density at radius 3 is 1.22 bits per heavy atom. The summed E-state index contributed by atoms with van der Waals surface area (Å²) in [5.74, 6) is 0. The Balaban J connectivity index is 0. The molecule has 0 bridgehead atoms. The Labute approximate surface area is 58.1 Å². The first-order chi connectivity index (χ1) is 4.35. The lowest BCUT2D eigenvalue weighted by atomic mass is 10.5. The van der Waals surface area contributed by atoms with Crippen LogP contribution in [-0.4, -0.2) is 24.5 Å². The summed E-state index contributed by atoms with van der Waals surface area (Å²) in [6.45, 7) is 13.6. The van der Waals surface area contributed by atoms with Gasteiger partial charge >= 0.3 is 0 Å². The van der Waals surface area contributed by atoms with Crippen LogP contribution in [0.25, 0.3) is 0 Å². The molecule has 0 heterocycles. The zero-order chi connectivity index (χ0) is 7.70. The molecule has 9 heavy (non-hydrogen) atoms. The molecule has 0 saturated carbocycles. The van der Waals surface area contributed by atoms with Gasteiger partial charge in [0, 0.05) is 6.57 Å². The van der Waals surface area contributed by atoms with Crippen LogP contribution in [0.5, 0.6) is 0 Å². The predicted octanol–water partition coefficient (Wildman–Crippen LogP) is 1.49. The second-order valence-electron chi connectivity index (χ2n) is 1.62. The minimum absolute atomic E-state index is 1.19. The molecule has 0 atom stereocenters. The summed E-state index contributed by atoms with van der Waals surface area (Å²) < 4.78 is 0. The second-order valence-corrected chi connectivity index (χ2v) is 1.62. The van der Waals surface area contributed by atoms with E-state index in [1.165, 1.54) is 19.6 Å². The van der Waals surface area contributed by atoms with Crippen molar-refractivity contribution in [2.45, 2.75) is 20.8 Å². The van der Waals surface area contributed by atoms with Crippen molar-refractivity contribution in [3.63, 3.8) is 0 Å². The summed E-state index contributed by atoms with van der Waals surface area (Å²) in [6, 6.07) is 0. The van der Waals surface area contributed by atoms with Crippen molar-refractivity contribution >= 4 is 0 Å². The molecule has 2 nitrogen and oxygen atoms in total. The molecule has 0 aromatic rings. The third kappa shape index (κ3) is 7.45. The molecule has 0 N–H and O–H groups in total. The smallest absolute Gasteiger partial charge is 0.0462 e. The first kappa shape index (κ1) is 11.3. The van der Waals surface area contributed by atoms with Crippen molar-refractivity contribution in [2.75, 3.05) is 19.6 Å². The maximum atomic E-state index is 6.50. The van der Waals surface area contributed by atoms with Crippen LogP contribution in [-0.2, 0) is 0 Å². The highest BCUT2D eigenvalue weighted by atomic mass is 15.1. The van der Waals surface area contributed by atoms with E-state index >= 15 is 0 Å². The van der Waals surface area contributed by atoms with E-state index in [4.69, 9.17) is 5.26 Å². The SMILES string of the molecule is C#N.CCN(CC)CC. The van der Waals surface area contributed by atoms with Crippen molar-refractivity contribution in [2.24, 2.45) is 0 Å². The molecule has 0 aromatic heterocycles. The fourth-order valence-corrected chi connectivity index (χ4v) is 0.671. The van der Waals surface area contributed by atoms with Gasteiger partial charge in [0.05, 0.1) is 0 Å². The highest BCUT2D eigenvalue weighted by molar-refractivity contribution is 4.43. The number of rotatable bonds is 3. The van der Waals surface area contributed by atoms with Gasteiger partial charge in [-0.2, -0.15) is 0 Å². The van der Waals surface area contributed by atoms with Crippen molar-refractivity contribution in [1.29, 1.82) is 5.26 Å². The van der Waals surface area contributed by atoms with Crippen LogP contribution < -0.4 is 0 Å². The summed E-state index contributed by atoms with van der Waals surface area (Å²) in [6.07, 6.45) is 0. The zero-order valence-electron chi connectivity index (χ0n) is 6.59. The van der Waals surface area contributed by atoms with Crippen molar-refractivity contribution in [1.82, 2.24) is 4.90 Å². The summed E-state index contributed by atoms with van der Waals surface area (Å²) in [7, 11) is 0. The second kappa shape index (κ2) is 10.4. The summed E-state index contributed by atoms with van der Waals surface area (Å²) in [4.78, 5) is 2.38. The lowest BCUT2D eigenvalue weighted by Crippen LogP contribution is -2.21. The lowest BCUT2D eigenvalue weighted by molar-refractivity contribution is 0.321. The molecule has 0 radical (unpaired) electrons. The molecular formula is C7H16N2. The van der Waals surface area contributed by atoms with E-state index in [0.29, 0.717) is 0 Å². The first-order valence-electron chi connectivity index (χ1n) is 3.33. The van der Waals surface area contributed by atoms with Gasteiger partial charge in [0.2, 0.25) is 0 Å². The van der Waals surface area contributed by atoms with Gasteiger partial charge in [0.1, 0.15) is 0 Å². The molecule has 0 spiro atoms. The maximum absolute atomic E-state index is 6.50. The fourth-order valence-electron chi connectivity index (χ4n) is 0.671. The lowest BCUT2D eigenvalue weighted by Gasteiger charge is -2.13. The van der Waals surface area contributed by atoms with E-state index in [-0.39, 0.29) is 0 Å². The van der Waals surface area contributed by atoms with Gasteiger partial charge in [0.15, 0.2) is 0 Å². The summed E-state index contributed by atoms with van der Waals surface area (Å²) in [5, 5.41) is 6.50. The van der Waals surface area contributed by atoms with Gasteiger partial charge in [-0.05, 0) is 19.6 Å². The van der Waals surface area contributed by atoms with E-state index in [9.17, 15) is 0 Å². The van der Waals surface area contributed by atoms with Crippen molar-refractivity contribution < 1.29 is 0 Å². The van der Waals surface area contributed by atoms with Gasteiger partial charge in [-0.15, -0.1) is 0 Å². The van der Waals surface area contributed by atoms with Crippen LogP contribution >= 0.6 is 0 Å². The number of hydrogen-bond acceptors (Lipinski definition) is 2. The van der Waals surface area contributed by atoms with E-state index < -0.39 is 0 Å². The van der Waals surface area contributed by atoms with Gasteiger partial charge in [-0.1, -0.05) is 20.8 Å². The quantitative estimate of drug-likeness (QED) is 0.575. The molecule has 0 saturated heterocycles. The highest BCUT2D eigenvalue weighted by Crippen LogP contribution is 1.81. The monoisotopic (exact) mass is 128 g/mol. The average molecular weight is 128 g/mol. The number of nitrogens with zero attached hydrogens (tertiary/aromatic N) is 2. The molecule has 54 valence electrons. The molecule has 0 rings (SSSR count). The Kier molecular flexibility index (Phi) is 13.1. The van der Waals surface area contributed by atoms with Crippen LogP contribution in [0.4, 0.5) is 0 Å². The van der Waals surface area contributed by atoms with E-state index in [2.05, 4.69) is 32.2 Å². The van der Waals surface area contributed by atoms with Crippen molar-refractivity contribution in [3.8, 4) is 6.57 Å². The minimum Gasteiger partial charge on any atom is -0.304 e. The number of hydrogen-bond donors (Lipinski definition) is 0. The van der Waals surface area contributed by atoms with Crippen LogP contribution in [0.2, 0.25) is 0 Å². The Hall–Kier alpha value is -0.550. The maximum Gasteiger partial charge on any atom is 0.0462 e. The van der Waals surface area contributed by atoms with Gasteiger partial charge in [-0.3, -0.25) is 0 Å². The molecule has 0 aromatic carbocycles. The topological polar surface area (TPSA) is 27.0 Å². The third-order valence-electron chi connectivity index (χ3n) is 1.34. The molecule has 0 aliphatic rings. The molecule has 0 fully saturated rings. The predicted molar refractivity (Wildman–Crippen MR) is 40.1 cm³/mol. The molecule has 0 amide bonds. The van der Waals surface area contributed by atoms with Crippen molar-refractivity contribution in [3.05, 3.63) is 0 Å². The fraction of sp³-hybridized carbons (Fsp3) is 0.857. The molecule has 0 aliphatic carbocycles. The van der Waals surface area contributed by atoms with Crippen LogP contribution in [0.3, 0.4) is 0 Å². The van der Waals surface area contributed by atoms with Crippen LogP contribution in [0, 0.1) is 11.8 Å². The Morgan fingerprint density at radius 1 is 1.00 bits per heavy atom. The normalized spacial score (nSPS) is 8.22. The Bertz CT molecular complexity index is 49.7. The van der Waals surface area contributed by atoms with E-state index in [0.717, 1.165) is 0 Å². The molecule has 0 unspecified atom stereocenters. The number of nitriles is 1. The summed E-state index contributed by atoms with van der Waals surface area (Å²) in [5.41, 5.74) is 0. The van der Waals surface area contributed by atoms with E-state index in [1.54, 1.807) is 0 Å². The standard InChI is InChI=1S/C6H15N.CHN/c1-4-7(5-2)6-3;1-2/h4-6H2,1-3H3;1H. The van der Waals surface area contributed by atoms with Gasteiger partial charge in [0.25, 0.3) is 0 Å². The highest BCUT2D eigenvalue weighted by Gasteiger charge is 1.89. The van der Waals surface area contributed by atoms with Gasteiger partial charge < -0.3 is 4.90 Å². The molecule has 2 heteroatoms. The largest absolute Gasteiger partial charge is 0.304 e. The molecule has 0 aliphatic heterocycles. The van der Waals surface area contributed by atoms with Crippen LogP contribution in [0.15, 0.2) is 0 Å². The minimum atomic E-state index is 1.19. The molecular weight excluding hydrogens is 112 g/mol. The zero-order valence-corrected chi connectivity index (χ0v) is 6.59. The average Bonchev–Trinajstić information content (AvgIpc) is 1.96. The summed E-state index contributed by atoms with van der Waals surface area (Å²) >= 11 is 0. The van der Waals surface area contributed by atoms with E-state index in [1.807, 2.05) is 0 Å². The Morgan fingerprint density at radius 2 is 1.22 bits per heavy atom. The van der Waals surface area contributed by atoms with Crippen LogP contribution in [0.1, 0.15) is 20.8 Å². The first-order valence-corrected chi connectivity index (χ1v) is 3.33. The van der Waals surface area contributed by atoms with Gasteiger partial charge in [-0.25, -0.2) is 5.26 Å².